The van der Waals surface area contributed by atoms with Gasteiger partial charge in [0.05, 0.1) is 13.3 Å². The highest BCUT2D eigenvalue weighted by Crippen LogP contribution is 2.32. The number of rotatable bonds is 5. The maximum Gasteiger partial charge on any atom is 0.162 e. The first kappa shape index (κ1) is 12.0. The average Bonchev–Trinajstić information content (AvgIpc) is 2.62. The van der Waals surface area contributed by atoms with Gasteiger partial charge >= 0.3 is 0 Å². The minimum atomic E-state index is -0.878. The Morgan fingerprint density at radius 2 is 2.20 bits per heavy atom. The van der Waals surface area contributed by atoms with Crippen LogP contribution in [0.2, 0.25) is 0 Å². The molecule has 0 aromatic carbocycles. The second-order valence-corrected chi connectivity index (χ2v) is 3.91. The van der Waals surface area contributed by atoms with Gasteiger partial charge < -0.3 is 9.84 Å². The van der Waals surface area contributed by atoms with Crippen LogP contribution in [-0.4, -0.2) is 22.0 Å². The van der Waals surface area contributed by atoms with E-state index in [9.17, 15) is 5.11 Å². The monoisotopic (exact) mass is 212 g/mol. The molecule has 1 unspecified atom stereocenters. The Bertz CT molecular complexity index is 318. The molecule has 15 heavy (non-hydrogen) atoms. The molecule has 1 aromatic rings. The molecule has 0 saturated heterocycles. The first-order chi connectivity index (χ1) is 7.06. The predicted octanol–water partition coefficient (Wildman–Crippen LogP) is 1.92. The zero-order valence-electron chi connectivity index (χ0n) is 9.95. The van der Waals surface area contributed by atoms with E-state index in [0.29, 0.717) is 12.2 Å². The third-order valence-corrected chi connectivity index (χ3v) is 2.66. The smallest absolute Gasteiger partial charge is 0.162 e. The maximum atomic E-state index is 10.3. The highest BCUT2D eigenvalue weighted by molar-refractivity contribution is 5.30. The lowest BCUT2D eigenvalue weighted by molar-refractivity contribution is 0.0407. The number of aryl methyl sites for hydroxylation is 1. The number of ether oxygens (including phenoxy) is 1. The van der Waals surface area contributed by atoms with Crippen LogP contribution in [0.15, 0.2) is 6.20 Å². The molecular formula is C11H20N2O2. The molecule has 0 spiro atoms. The van der Waals surface area contributed by atoms with Crippen molar-refractivity contribution >= 4 is 0 Å². The molecule has 0 aliphatic carbocycles. The molecule has 0 bridgehead atoms. The van der Waals surface area contributed by atoms with Crippen molar-refractivity contribution in [3.8, 4) is 5.75 Å². The van der Waals surface area contributed by atoms with Gasteiger partial charge in [-0.1, -0.05) is 13.8 Å². The molecular weight excluding hydrogens is 192 g/mol. The third-order valence-electron chi connectivity index (χ3n) is 2.66. The Morgan fingerprint density at radius 1 is 1.53 bits per heavy atom. The minimum absolute atomic E-state index is 0.638. The summed E-state index contributed by atoms with van der Waals surface area (Å²) >= 11 is 0. The van der Waals surface area contributed by atoms with Crippen LogP contribution < -0.4 is 4.74 Å². The van der Waals surface area contributed by atoms with Gasteiger partial charge in [-0.25, -0.2) is 0 Å². The molecule has 86 valence electrons. The fourth-order valence-corrected chi connectivity index (χ4v) is 1.61. The molecule has 0 fully saturated rings. The van der Waals surface area contributed by atoms with Crippen molar-refractivity contribution in [1.29, 1.82) is 0 Å². The van der Waals surface area contributed by atoms with E-state index in [4.69, 9.17) is 4.74 Å². The van der Waals surface area contributed by atoms with Crippen molar-refractivity contribution < 1.29 is 9.84 Å². The van der Waals surface area contributed by atoms with Crippen LogP contribution in [0, 0.1) is 0 Å². The Labute approximate surface area is 90.9 Å². The largest absolute Gasteiger partial charge is 0.493 e. The summed E-state index contributed by atoms with van der Waals surface area (Å²) in [6.07, 6.45) is 3.28. The Hall–Kier alpha value is -1.03. The molecule has 4 heteroatoms. The van der Waals surface area contributed by atoms with Crippen molar-refractivity contribution in [3.05, 3.63) is 11.9 Å². The van der Waals surface area contributed by atoms with Crippen LogP contribution in [0.3, 0.4) is 0 Å². The first-order valence-corrected chi connectivity index (χ1v) is 5.39. The van der Waals surface area contributed by atoms with Gasteiger partial charge in [-0.15, -0.1) is 0 Å². The van der Waals surface area contributed by atoms with Gasteiger partial charge in [0.25, 0.3) is 0 Å². The number of methoxy groups -OCH3 is 1. The molecule has 1 rings (SSSR count). The van der Waals surface area contributed by atoms with Gasteiger partial charge in [0.1, 0.15) is 11.3 Å². The van der Waals surface area contributed by atoms with Crippen molar-refractivity contribution in [2.75, 3.05) is 7.11 Å². The van der Waals surface area contributed by atoms with Gasteiger partial charge in [0.2, 0.25) is 0 Å². The fourth-order valence-electron chi connectivity index (χ4n) is 1.61. The highest BCUT2D eigenvalue weighted by atomic mass is 16.5. The molecule has 1 heterocycles. The summed E-state index contributed by atoms with van der Waals surface area (Å²) in [6, 6.07) is 0. The van der Waals surface area contributed by atoms with E-state index in [1.54, 1.807) is 20.2 Å². The highest BCUT2D eigenvalue weighted by Gasteiger charge is 2.29. The number of hydrogen-bond donors (Lipinski definition) is 1. The van der Waals surface area contributed by atoms with Gasteiger partial charge in [-0.2, -0.15) is 5.10 Å². The van der Waals surface area contributed by atoms with Crippen LogP contribution in [0.25, 0.3) is 0 Å². The van der Waals surface area contributed by atoms with E-state index >= 15 is 0 Å². The van der Waals surface area contributed by atoms with Gasteiger partial charge in [-0.3, -0.25) is 4.68 Å². The van der Waals surface area contributed by atoms with Crippen molar-refractivity contribution in [2.45, 2.75) is 45.8 Å². The quantitative estimate of drug-likeness (QED) is 0.811. The fraction of sp³-hybridized carbons (Fsp3) is 0.727. The summed E-state index contributed by atoms with van der Waals surface area (Å²) in [5, 5.41) is 14.5. The number of hydrogen-bond acceptors (Lipinski definition) is 3. The first-order valence-electron chi connectivity index (χ1n) is 5.39. The lowest BCUT2D eigenvalue weighted by Gasteiger charge is -2.23. The SMILES string of the molecule is CCCn1ncc(OC)c1C(C)(O)CC. The lowest BCUT2D eigenvalue weighted by Crippen LogP contribution is -2.25. The predicted molar refractivity (Wildman–Crippen MR) is 58.9 cm³/mol. The zero-order chi connectivity index (χ0) is 11.5. The van der Waals surface area contributed by atoms with E-state index in [1.807, 2.05) is 11.6 Å². The number of aliphatic hydroxyl groups is 1. The van der Waals surface area contributed by atoms with Crippen LogP contribution in [0.1, 0.15) is 39.3 Å². The second kappa shape index (κ2) is 4.66. The van der Waals surface area contributed by atoms with Crippen molar-refractivity contribution in [1.82, 2.24) is 9.78 Å². The summed E-state index contributed by atoms with van der Waals surface area (Å²) < 4.78 is 7.04. The summed E-state index contributed by atoms with van der Waals surface area (Å²) in [5.41, 5.74) is -0.105. The molecule has 0 saturated carbocycles. The Kier molecular flexibility index (Phi) is 3.74. The Morgan fingerprint density at radius 3 is 2.67 bits per heavy atom. The lowest BCUT2D eigenvalue weighted by atomic mass is 9.98. The average molecular weight is 212 g/mol. The van der Waals surface area contributed by atoms with Crippen LogP contribution in [0.4, 0.5) is 0 Å². The van der Waals surface area contributed by atoms with E-state index in [0.717, 1.165) is 18.7 Å². The topological polar surface area (TPSA) is 47.3 Å². The Balaban J connectivity index is 3.15. The van der Waals surface area contributed by atoms with E-state index < -0.39 is 5.60 Å². The maximum absolute atomic E-state index is 10.3. The van der Waals surface area contributed by atoms with Crippen molar-refractivity contribution in [2.24, 2.45) is 0 Å². The standard InChI is InChI=1S/C11H20N2O2/c1-5-7-13-10(11(3,14)6-2)9(15-4)8-12-13/h8,14H,5-7H2,1-4H3. The van der Waals surface area contributed by atoms with Crippen LogP contribution >= 0.6 is 0 Å². The molecule has 1 aromatic heterocycles. The van der Waals surface area contributed by atoms with Gasteiger partial charge in [0.15, 0.2) is 5.75 Å². The molecule has 0 aliphatic heterocycles. The number of aromatic nitrogens is 2. The minimum Gasteiger partial charge on any atom is -0.493 e. The molecule has 4 nitrogen and oxygen atoms in total. The van der Waals surface area contributed by atoms with Gasteiger partial charge in [-0.05, 0) is 19.8 Å². The number of nitrogens with zero attached hydrogens (tertiary/aromatic N) is 2. The van der Waals surface area contributed by atoms with Crippen molar-refractivity contribution in [3.63, 3.8) is 0 Å². The van der Waals surface area contributed by atoms with E-state index in [1.165, 1.54) is 0 Å². The molecule has 0 radical (unpaired) electrons. The normalized spacial score (nSPS) is 15.0. The summed E-state index contributed by atoms with van der Waals surface area (Å²) in [5.74, 6) is 0.662. The second-order valence-electron chi connectivity index (χ2n) is 3.91. The summed E-state index contributed by atoms with van der Waals surface area (Å²) in [7, 11) is 1.60. The van der Waals surface area contributed by atoms with Gasteiger partial charge in [0, 0.05) is 6.54 Å². The molecule has 1 N–H and O–H groups in total. The van der Waals surface area contributed by atoms with Crippen LogP contribution in [0.5, 0.6) is 5.75 Å². The zero-order valence-corrected chi connectivity index (χ0v) is 9.95. The summed E-state index contributed by atoms with van der Waals surface area (Å²) in [6.45, 7) is 6.62. The van der Waals surface area contributed by atoms with E-state index in [2.05, 4.69) is 12.0 Å². The van der Waals surface area contributed by atoms with E-state index in [-0.39, 0.29) is 0 Å². The molecule has 0 amide bonds. The third kappa shape index (κ3) is 2.31. The molecule has 1 atom stereocenters. The molecule has 0 aliphatic rings. The summed E-state index contributed by atoms with van der Waals surface area (Å²) in [4.78, 5) is 0. The van der Waals surface area contributed by atoms with Crippen LogP contribution in [-0.2, 0) is 12.1 Å².